The molecule has 150 valence electrons. The molecule has 0 spiro atoms. The molecule has 0 unspecified atom stereocenters. The minimum absolute atomic E-state index is 0.309. The van der Waals surface area contributed by atoms with Crippen molar-refractivity contribution in [3.05, 3.63) is 35.9 Å². The molecule has 0 aliphatic rings. The van der Waals surface area contributed by atoms with Gasteiger partial charge in [0.2, 0.25) is 0 Å². The number of hydrogen-bond acceptors (Lipinski definition) is 2. The van der Waals surface area contributed by atoms with Crippen molar-refractivity contribution in [1.82, 2.24) is 5.32 Å². The molecule has 3 heteroatoms. The summed E-state index contributed by atoms with van der Waals surface area (Å²) in [5.41, 5.74) is 1.38. The molecule has 1 rings (SSSR count). The Kier molecular flexibility index (Phi) is 10.1. The van der Waals surface area contributed by atoms with Crippen LogP contribution >= 0.6 is 0 Å². The number of benzene rings is 1. The summed E-state index contributed by atoms with van der Waals surface area (Å²) in [6.07, 6.45) is 7.52. The van der Waals surface area contributed by atoms with Crippen LogP contribution < -0.4 is 5.32 Å². The predicted molar refractivity (Wildman–Crippen MR) is 118 cm³/mol. The molecule has 26 heavy (non-hydrogen) atoms. The minimum atomic E-state index is -1.59. The van der Waals surface area contributed by atoms with Crippen LogP contribution in [0.2, 0.25) is 18.1 Å². The van der Waals surface area contributed by atoms with E-state index in [-0.39, 0.29) is 0 Å². The second-order valence-corrected chi connectivity index (χ2v) is 14.1. The van der Waals surface area contributed by atoms with E-state index < -0.39 is 8.32 Å². The first-order valence-corrected chi connectivity index (χ1v) is 13.5. The van der Waals surface area contributed by atoms with Crippen LogP contribution in [-0.2, 0) is 4.43 Å². The molecule has 0 aliphatic carbocycles. The first-order valence-electron chi connectivity index (χ1n) is 10.6. The van der Waals surface area contributed by atoms with Gasteiger partial charge in [-0.15, -0.1) is 0 Å². The zero-order valence-electron chi connectivity index (χ0n) is 18.4. The van der Waals surface area contributed by atoms with Crippen LogP contribution in [0.3, 0.4) is 0 Å². The molecule has 0 saturated carbocycles. The molecule has 2 atom stereocenters. The van der Waals surface area contributed by atoms with Gasteiger partial charge in [-0.1, -0.05) is 70.9 Å². The summed E-state index contributed by atoms with van der Waals surface area (Å²) in [6.45, 7) is 17.1. The van der Waals surface area contributed by atoms with Crippen molar-refractivity contribution in [2.75, 3.05) is 6.61 Å². The molecule has 2 nitrogen and oxygen atoms in total. The van der Waals surface area contributed by atoms with E-state index in [2.05, 4.69) is 83.4 Å². The Balaban J connectivity index is 2.40. The molecule has 0 radical (unpaired) electrons. The summed E-state index contributed by atoms with van der Waals surface area (Å²) < 4.78 is 6.33. The maximum absolute atomic E-state index is 6.33. The molecule has 0 bridgehead atoms. The third-order valence-electron chi connectivity index (χ3n) is 5.91. The van der Waals surface area contributed by atoms with Gasteiger partial charge in [0.25, 0.3) is 0 Å². The predicted octanol–water partition coefficient (Wildman–Crippen LogP) is 7.09. The largest absolute Gasteiger partial charge is 0.417 e. The van der Waals surface area contributed by atoms with Crippen LogP contribution in [-0.4, -0.2) is 21.0 Å². The molecule has 1 aromatic rings. The van der Waals surface area contributed by atoms with E-state index in [1.807, 2.05) is 0 Å². The standard InChI is InChI=1S/C23H43NOSi/c1-8-9-17-22(24-20(2)21-15-11-10-12-16-21)18-13-14-19-25-26(6,7)23(3,4)5/h10-12,15-16,20,22,24H,8-9,13-14,17-19H2,1-7H3/t20-,22+/m0/s1. The molecule has 0 aliphatic heterocycles. The monoisotopic (exact) mass is 377 g/mol. The average Bonchev–Trinajstić information content (AvgIpc) is 2.58. The summed E-state index contributed by atoms with van der Waals surface area (Å²) in [5, 5.41) is 4.18. The quantitative estimate of drug-likeness (QED) is 0.310. The Morgan fingerprint density at radius 2 is 1.62 bits per heavy atom. The number of hydrogen-bond donors (Lipinski definition) is 1. The fourth-order valence-corrected chi connectivity index (χ4v) is 4.08. The molecule has 1 N–H and O–H groups in total. The lowest BCUT2D eigenvalue weighted by Crippen LogP contribution is -2.41. The number of unbranched alkanes of at least 4 members (excludes halogenated alkanes) is 2. The van der Waals surface area contributed by atoms with E-state index in [4.69, 9.17) is 4.43 Å². The summed E-state index contributed by atoms with van der Waals surface area (Å²) in [7, 11) is -1.59. The molecule has 0 amide bonds. The zero-order chi connectivity index (χ0) is 19.6. The highest BCUT2D eigenvalue weighted by molar-refractivity contribution is 6.74. The molecule has 0 heterocycles. The van der Waals surface area contributed by atoms with Crippen LogP contribution in [0.15, 0.2) is 30.3 Å². The van der Waals surface area contributed by atoms with E-state index in [1.54, 1.807) is 0 Å². The minimum Gasteiger partial charge on any atom is -0.417 e. The second kappa shape index (κ2) is 11.3. The van der Waals surface area contributed by atoms with Gasteiger partial charge in [0.05, 0.1) is 0 Å². The molecule has 1 aromatic carbocycles. The number of rotatable bonds is 12. The van der Waals surface area contributed by atoms with Gasteiger partial charge in [-0.3, -0.25) is 0 Å². The van der Waals surface area contributed by atoms with Crippen molar-refractivity contribution < 1.29 is 4.43 Å². The first kappa shape index (κ1) is 23.4. The summed E-state index contributed by atoms with van der Waals surface area (Å²) >= 11 is 0. The molecule has 0 aromatic heterocycles. The topological polar surface area (TPSA) is 21.3 Å². The molecule has 0 saturated heterocycles. The Bertz CT molecular complexity index is 481. The smallest absolute Gasteiger partial charge is 0.191 e. The summed E-state index contributed by atoms with van der Waals surface area (Å²) in [6, 6.07) is 11.8. The highest BCUT2D eigenvalue weighted by Crippen LogP contribution is 2.36. The van der Waals surface area contributed by atoms with Crippen molar-refractivity contribution in [1.29, 1.82) is 0 Å². The average molecular weight is 378 g/mol. The Labute approximate surface area is 164 Å². The highest BCUT2D eigenvalue weighted by Gasteiger charge is 2.36. The molecular formula is C23H43NOSi. The van der Waals surface area contributed by atoms with E-state index in [0.717, 1.165) is 6.61 Å². The van der Waals surface area contributed by atoms with Crippen LogP contribution in [0.25, 0.3) is 0 Å². The van der Waals surface area contributed by atoms with Gasteiger partial charge in [0.15, 0.2) is 8.32 Å². The van der Waals surface area contributed by atoms with E-state index in [9.17, 15) is 0 Å². The maximum atomic E-state index is 6.33. The Morgan fingerprint density at radius 1 is 1.00 bits per heavy atom. The van der Waals surface area contributed by atoms with Gasteiger partial charge in [-0.2, -0.15) is 0 Å². The Morgan fingerprint density at radius 3 is 2.19 bits per heavy atom. The number of nitrogens with one attached hydrogen (secondary N) is 1. The van der Waals surface area contributed by atoms with Gasteiger partial charge < -0.3 is 9.74 Å². The highest BCUT2D eigenvalue weighted by atomic mass is 28.4. The van der Waals surface area contributed by atoms with Crippen molar-refractivity contribution in [3.63, 3.8) is 0 Å². The SMILES string of the molecule is CCCC[C@H](CCCCO[Si](C)(C)C(C)(C)C)N[C@@H](C)c1ccccc1. The third kappa shape index (κ3) is 8.37. The lowest BCUT2D eigenvalue weighted by Gasteiger charge is -2.36. The first-order chi connectivity index (χ1) is 12.2. The van der Waals surface area contributed by atoms with Gasteiger partial charge in [-0.25, -0.2) is 0 Å². The summed E-state index contributed by atoms with van der Waals surface area (Å²) in [5.74, 6) is 0. The van der Waals surface area contributed by atoms with Crippen molar-refractivity contribution >= 4 is 8.32 Å². The van der Waals surface area contributed by atoms with Crippen LogP contribution in [0.1, 0.15) is 84.7 Å². The lowest BCUT2D eigenvalue weighted by molar-refractivity contribution is 0.272. The maximum Gasteiger partial charge on any atom is 0.191 e. The fourth-order valence-electron chi connectivity index (χ4n) is 2.99. The summed E-state index contributed by atoms with van der Waals surface area (Å²) in [4.78, 5) is 0. The zero-order valence-corrected chi connectivity index (χ0v) is 19.4. The van der Waals surface area contributed by atoms with Crippen molar-refractivity contribution in [2.24, 2.45) is 0 Å². The van der Waals surface area contributed by atoms with Gasteiger partial charge >= 0.3 is 0 Å². The van der Waals surface area contributed by atoms with Gasteiger partial charge in [-0.05, 0) is 56.3 Å². The van der Waals surface area contributed by atoms with Crippen LogP contribution in [0.4, 0.5) is 0 Å². The lowest BCUT2D eigenvalue weighted by atomic mass is 10.0. The van der Waals surface area contributed by atoms with E-state index >= 15 is 0 Å². The van der Waals surface area contributed by atoms with Crippen molar-refractivity contribution in [3.8, 4) is 0 Å². The molecular weight excluding hydrogens is 334 g/mol. The Hall–Kier alpha value is -0.643. The van der Waals surface area contributed by atoms with Gasteiger partial charge in [0.1, 0.15) is 0 Å². The van der Waals surface area contributed by atoms with E-state index in [0.29, 0.717) is 17.1 Å². The van der Waals surface area contributed by atoms with Crippen LogP contribution in [0.5, 0.6) is 0 Å². The van der Waals surface area contributed by atoms with Crippen LogP contribution in [0, 0.1) is 0 Å². The van der Waals surface area contributed by atoms with Crippen molar-refractivity contribution in [2.45, 2.75) is 103 Å². The van der Waals surface area contributed by atoms with Gasteiger partial charge in [0, 0.05) is 18.7 Å². The third-order valence-corrected chi connectivity index (χ3v) is 10.4. The second-order valence-electron chi connectivity index (χ2n) is 9.24. The normalized spacial score (nSPS) is 15.0. The fraction of sp³-hybridized carbons (Fsp3) is 0.739. The molecule has 0 fully saturated rings. The van der Waals surface area contributed by atoms with E-state index in [1.165, 1.54) is 44.1 Å².